The molecule has 162 valence electrons. The van der Waals surface area contributed by atoms with Gasteiger partial charge in [-0.3, -0.25) is 14.7 Å². The number of hydrogen-bond acceptors (Lipinski definition) is 4. The van der Waals surface area contributed by atoms with Crippen LogP contribution in [0, 0.1) is 12.8 Å². The summed E-state index contributed by atoms with van der Waals surface area (Å²) >= 11 is 0. The Kier molecular flexibility index (Phi) is 6.52. The minimum absolute atomic E-state index is 0.0641. The number of aryl methyl sites for hydroxylation is 1. The molecule has 1 aromatic carbocycles. The molecule has 0 saturated carbocycles. The van der Waals surface area contributed by atoms with Gasteiger partial charge in [0.05, 0.1) is 17.3 Å². The summed E-state index contributed by atoms with van der Waals surface area (Å²) in [7, 11) is 0. The summed E-state index contributed by atoms with van der Waals surface area (Å²) in [5.41, 5.74) is 3.27. The minimum Gasteiger partial charge on any atom is -0.507 e. The summed E-state index contributed by atoms with van der Waals surface area (Å²) in [6, 6.07) is 17.8. The van der Waals surface area contributed by atoms with Gasteiger partial charge in [0.2, 0.25) is 0 Å². The number of rotatable bonds is 6. The Morgan fingerprint density at radius 3 is 2.45 bits per heavy atom. The number of pyridine rings is 2. The van der Waals surface area contributed by atoms with Crippen molar-refractivity contribution in [2.24, 2.45) is 5.92 Å². The second kappa shape index (κ2) is 9.48. The van der Waals surface area contributed by atoms with Crippen LogP contribution in [0.25, 0.3) is 0 Å². The highest BCUT2D eigenvalue weighted by atomic mass is 16.3. The monoisotopic (exact) mass is 417 g/mol. The molecule has 1 saturated heterocycles. The third-order valence-electron chi connectivity index (χ3n) is 6.46. The van der Waals surface area contributed by atoms with Crippen LogP contribution in [0.1, 0.15) is 48.3 Å². The molecule has 1 atom stereocenters. The SMILES string of the molecule is CCn1c(C)cc(O)c(C(c2ccccn2)N2CCC(Cc3ccccc3)CC2)c1=O. The van der Waals surface area contributed by atoms with Crippen molar-refractivity contribution in [1.29, 1.82) is 0 Å². The maximum atomic E-state index is 13.4. The predicted molar refractivity (Wildman–Crippen MR) is 123 cm³/mol. The molecule has 1 N–H and O–H groups in total. The average Bonchev–Trinajstić information content (AvgIpc) is 2.79. The van der Waals surface area contributed by atoms with Gasteiger partial charge < -0.3 is 9.67 Å². The number of hydrogen-bond donors (Lipinski definition) is 1. The molecular formula is C26H31N3O2. The van der Waals surface area contributed by atoms with E-state index in [0.717, 1.165) is 43.7 Å². The lowest BCUT2D eigenvalue weighted by atomic mass is 9.88. The molecule has 0 amide bonds. The van der Waals surface area contributed by atoms with Crippen molar-refractivity contribution < 1.29 is 5.11 Å². The zero-order chi connectivity index (χ0) is 21.8. The van der Waals surface area contributed by atoms with Gasteiger partial charge in [0.15, 0.2) is 0 Å². The summed E-state index contributed by atoms with van der Waals surface area (Å²) in [4.78, 5) is 20.2. The van der Waals surface area contributed by atoms with Crippen molar-refractivity contribution in [2.45, 2.75) is 45.7 Å². The smallest absolute Gasteiger partial charge is 0.259 e. The molecule has 1 fully saturated rings. The van der Waals surface area contributed by atoms with Crippen LogP contribution in [-0.4, -0.2) is 32.6 Å². The van der Waals surface area contributed by atoms with Crippen molar-refractivity contribution in [3.05, 3.63) is 93.7 Å². The molecule has 0 spiro atoms. The molecule has 0 bridgehead atoms. The standard InChI is InChI=1S/C26H31N3O2/c1-3-29-19(2)17-23(30)24(26(29)31)25(22-11-7-8-14-27-22)28-15-12-21(13-16-28)18-20-9-5-4-6-10-20/h4-11,14,17,21,25,30H,3,12-13,15-16,18H2,1-2H3. The van der Waals surface area contributed by atoms with Crippen LogP contribution in [0.15, 0.2) is 65.6 Å². The molecule has 31 heavy (non-hydrogen) atoms. The third-order valence-corrected chi connectivity index (χ3v) is 6.46. The molecule has 3 aromatic rings. The molecule has 5 heteroatoms. The summed E-state index contributed by atoms with van der Waals surface area (Å²) in [5.74, 6) is 0.691. The number of aromatic hydroxyl groups is 1. The van der Waals surface area contributed by atoms with Gasteiger partial charge in [0, 0.05) is 18.4 Å². The molecule has 3 heterocycles. The summed E-state index contributed by atoms with van der Waals surface area (Å²) < 4.78 is 1.73. The molecule has 1 aliphatic heterocycles. The van der Waals surface area contributed by atoms with Gasteiger partial charge in [-0.25, -0.2) is 0 Å². The van der Waals surface area contributed by atoms with E-state index in [1.807, 2.05) is 32.0 Å². The first-order valence-electron chi connectivity index (χ1n) is 11.2. The lowest BCUT2D eigenvalue weighted by Crippen LogP contribution is -2.41. The van der Waals surface area contributed by atoms with Gasteiger partial charge in [-0.05, 0) is 75.9 Å². The molecule has 2 aromatic heterocycles. The predicted octanol–water partition coefficient (Wildman–Crippen LogP) is 4.32. The molecule has 1 unspecified atom stereocenters. The van der Waals surface area contributed by atoms with Crippen LogP contribution in [-0.2, 0) is 13.0 Å². The van der Waals surface area contributed by atoms with Gasteiger partial charge in [-0.2, -0.15) is 0 Å². The van der Waals surface area contributed by atoms with Crippen LogP contribution in [0.3, 0.4) is 0 Å². The van der Waals surface area contributed by atoms with Crippen molar-refractivity contribution in [1.82, 2.24) is 14.5 Å². The number of likely N-dealkylation sites (tertiary alicyclic amines) is 1. The van der Waals surface area contributed by atoms with E-state index in [-0.39, 0.29) is 17.4 Å². The Morgan fingerprint density at radius 1 is 1.10 bits per heavy atom. The highest BCUT2D eigenvalue weighted by Gasteiger charge is 2.32. The van der Waals surface area contributed by atoms with Crippen LogP contribution < -0.4 is 5.56 Å². The summed E-state index contributed by atoms with van der Waals surface area (Å²) in [6.07, 6.45) is 4.97. The van der Waals surface area contributed by atoms with Crippen LogP contribution in [0.2, 0.25) is 0 Å². The fraction of sp³-hybridized carbons (Fsp3) is 0.385. The van der Waals surface area contributed by atoms with Gasteiger partial charge in [0.1, 0.15) is 5.75 Å². The highest BCUT2D eigenvalue weighted by Crippen LogP contribution is 2.35. The van der Waals surface area contributed by atoms with E-state index >= 15 is 0 Å². The minimum atomic E-state index is -0.343. The van der Waals surface area contributed by atoms with E-state index in [9.17, 15) is 9.90 Å². The maximum absolute atomic E-state index is 13.4. The zero-order valence-electron chi connectivity index (χ0n) is 18.4. The normalized spacial score (nSPS) is 16.3. The topological polar surface area (TPSA) is 58.4 Å². The highest BCUT2D eigenvalue weighted by molar-refractivity contribution is 5.39. The van der Waals surface area contributed by atoms with Crippen LogP contribution in [0.5, 0.6) is 5.75 Å². The fourth-order valence-corrected chi connectivity index (χ4v) is 4.84. The van der Waals surface area contributed by atoms with E-state index in [0.29, 0.717) is 18.0 Å². The lowest BCUT2D eigenvalue weighted by molar-refractivity contribution is 0.146. The molecule has 0 radical (unpaired) electrons. The Labute approximate surface area is 184 Å². The van der Waals surface area contributed by atoms with E-state index in [2.05, 4.69) is 40.2 Å². The van der Waals surface area contributed by atoms with E-state index < -0.39 is 0 Å². The molecule has 1 aliphatic rings. The number of nitrogens with zero attached hydrogens (tertiary/aromatic N) is 3. The summed E-state index contributed by atoms with van der Waals surface area (Å²) in [5, 5.41) is 10.8. The van der Waals surface area contributed by atoms with Crippen LogP contribution >= 0.6 is 0 Å². The molecule has 5 nitrogen and oxygen atoms in total. The number of benzene rings is 1. The van der Waals surface area contributed by atoms with Gasteiger partial charge in [0.25, 0.3) is 5.56 Å². The van der Waals surface area contributed by atoms with Gasteiger partial charge in [-0.15, -0.1) is 0 Å². The Bertz CT molecular complexity index is 1060. The quantitative estimate of drug-likeness (QED) is 0.649. The first-order valence-corrected chi connectivity index (χ1v) is 11.2. The Morgan fingerprint density at radius 2 is 1.81 bits per heavy atom. The molecular weight excluding hydrogens is 386 g/mol. The second-order valence-electron chi connectivity index (χ2n) is 8.46. The third kappa shape index (κ3) is 4.57. The summed E-state index contributed by atoms with van der Waals surface area (Å²) in [6.45, 7) is 6.14. The van der Waals surface area contributed by atoms with Crippen molar-refractivity contribution >= 4 is 0 Å². The zero-order valence-corrected chi connectivity index (χ0v) is 18.4. The molecule has 4 rings (SSSR count). The maximum Gasteiger partial charge on any atom is 0.259 e. The number of piperidine rings is 1. The van der Waals surface area contributed by atoms with E-state index in [4.69, 9.17) is 0 Å². The Hall–Kier alpha value is -2.92. The van der Waals surface area contributed by atoms with Gasteiger partial charge in [-0.1, -0.05) is 36.4 Å². The first-order chi connectivity index (χ1) is 15.1. The largest absolute Gasteiger partial charge is 0.507 e. The van der Waals surface area contributed by atoms with E-state index in [1.54, 1.807) is 16.8 Å². The van der Waals surface area contributed by atoms with Crippen molar-refractivity contribution in [3.63, 3.8) is 0 Å². The van der Waals surface area contributed by atoms with E-state index in [1.165, 1.54) is 5.56 Å². The second-order valence-corrected chi connectivity index (χ2v) is 8.46. The van der Waals surface area contributed by atoms with Crippen molar-refractivity contribution in [2.75, 3.05) is 13.1 Å². The number of aromatic nitrogens is 2. The fourth-order valence-electron chi connectivity index (χ4n) is 4.84. The Balaban J connectivity index is 1.63. The molecule has 0 aliphatic carbocycles. The average molecular weight is 418 g/mol. The van der Waals surface area contributed by atoms with Crippen LogP contribution in [0.4, 0.5) is 0 Å². The van der Waals surface area contributed by atoms with Crippen molar-refractivity contribution in [3.8, 4) is 5.75 Å². The lowest BCUT2D eigenvalue weighted by Gasteiger charge is -2.37. The first kappa shape index (κ1) is 21.3. The van der Waals surface area contributed by atoms with Gasteiger partial charge >= 0.3 is 0 Å².